The van der Waals surface area contributed by atoms with Gasteiger partial charge < -0.3 is 4.74 Å². The van der Waals surface area contributed by atoms with Crippen molar-refractivity contribution in [1.29, 1.82) is 0 Å². The number of hydrogen-bond acceptors (Lipinski definition) is 4. The highest BCUT2D eigenvalue weighted by molar-refractivity contribution is 7.93. The van der Waals surface area contributed by atoms with Crippen LogP contribution in [0.25, 0.3) is 0 Å². The van der Waals surface area contributed by atoms with Crippen LogP contribution in [0.2, 0.25) is 5.02 Å². The van der Waals surface area contributed by atoms with Crippen LogP contribution in [0.1, 0.15) is 6.92 Å². The van der Waals surface area contributed by atoms with E-state index in [9.17, 15) is 13.2 Å². The van der Waals surface area contributed by atoms with E-state index >= 15 is 0 Å². The molecular formula is C15H14ClNO4S. The van der Waals surface area contributed by atoms with Crippen molar-refractivity contribution in [3.05, 3.63) is 53.6 Å². The minimum absolute atomic E-state index is 0.0112. The number of anilines is 1. The molecule has 2 aromatic carbocycles. The van der Waals surface area contributed by atoms with Gasteiger partial charge in [-0.1, -0.05) is 11.6 Å². The summed E-state index contributed by atoms with van der Waals surface area (Å²) in [6.45, 7) is 1.19. The van der Waals surface area contributed by atoms with Crippen LogP contribution >= 0.6 is 11.6 Å². The third kappa shape index (κ3) is 3.23. The molecule has 0 heterocycles. The normalized spacial score (nSPS) is 11.0. The summed E-state index contributed by atoms with van der Waals surface area (Å²) in [6.07, 6.45) is 0. The molecule has 0 saturated heterocycles. The second kappa shape index (κ2) is 6.37. The largest absolute Gasteiger partial charge is 0.497 e. The van der Waals surface area contributed by atoms with Crippen LogP contribution in [0.3, 0.4) is 0 Å². The quantitative estimate of drug-likeness (QED) is 0.858. The van der Waals surface area contributed by atoms with E-state index < -0.39 is 15.9 Å². The first-order chi connectivity index (χ1) is 10.4. The Labute approximate surface area is 134 Å². The van der Waals surface area contributed by atoms with E-state index in [0.717, 1.165) is 4.31 Å². The predicted octanol–water partition coefficient (Wildman–Crippen LogP) is 3.09. The molecule has 0 saturated carbocycles. The lowest BCUT2D eigenvalue weighted by Crippen LogP contribution is -2.35. The number of methoxy groups -OCH3 is 1. The SMILES string of the molecule is COc1ccc(N(C(C)=O)S(=O)(=O)c2ccc(Cl)cc2)cc1. The Morgan fingerprint density at radius 1 is 1.05 bits per heavy atom. The first-order valence-electron chi connectivity index (χ1n) is 6.32. The van der Waals surface area contributed by atoms with E-state index in [1.807, 2.05) is 0 Å². The molecule has 0 N–H and O–H groups in total. The molecular weight excluding hydrogens is 326 g/mol. The van der Waals surface area contributed by atoms with Crippen LogP contribution in [-0.2, 0) is 14.8 Å². The zero-order valence-corrected chi connectivity index (χ0v) is 13.6. The summed E-state index contributed by atoms with van der Waals surface area (Å²) < 4.78 is 31.1. The summed E-state index contributed by atoms with van der Waals surface area (Å²) in [5.74, 6) is -0.0451. The van der Waals surface area contributed by atoms with E-state index in [-0.39, 0.29) is 10.6 Å². The second-order valence-electron chi connectivity index (χ2n) is 4.44. The third-order valence-electron chi connectivity index (χ3n) is 2.94. The first kappa shape index (κ1) is 16.3. The molecule has 0 radical (unpaired) electrons. The maximum Gasteiger partial charge on any atom is 0.270 e. The summed E-state index contributed by atoms with van der Waals surface area (Å²) in [6, 6.07) is 11.8. The Bertz CT molecular complexity index is 770. The molecule has 5 nitrogen and oxygen atoms in total. The van der Waals surface area contributed by atoms with Crippen molar-refractivity contribution in [2.75, 3.05) is 11.4 Å². The number of benzene rings is 2. The summed E-state index contributed by atoms with van der Waals surface area (Å²) in [5.41, 5.74) is 0.239. The lowest BCUT2D eigenvalue weighted by Gasteiger charge is -2.21. The molecule has 22 heavy (non-hydrogen) atoms. The standard InChI is InChI=1S/C15H14ClNO4S/c1-11(18)17(13-5-7-14(21-2)8-6-13)22(19,20)15-9-3-12(16)4-10-15/h3-10H,1-2H3. The maximum absolute atomic E-state index is 12.7. The van der Waals surface area contributed by atoms with Gasteiger partial charge in [-0.2, -0.15) is 0 Å². The van der Waals surface area contributed by atoms with E-state index in [1.165, 1.54) is 50.4 Å². The summed E-state index contributed by atoms with van der Waals surface area (Å²) in [7, 11) is -2.50. The van der Waals surface area contributed by atoms with Gasteiger partial charge in [-0.15, -0.1) is 0 Å². The lowest BCUT2D eigenvalue weighted by atomic mass is 10.3. The molecule has 2 aromatic rings. The van der Waals surface area contributed by atoms with Crippen LogP contribution in [0, 0.1) is 0 Å². The van der Waals surface area contributed by atoms with Crippen molar-refractivity contribution in [1.82, 2.24) is 0 Å². The molecule has 1 amide bonds. The maximum atomic E-state index is 12.7. The molecule has 7 heteroatoms. The van der Waals surface area contributed by atoms with E-state index in [1.54, 1.807) is 12.1 Å². The minimum atomic E-state index is -4.01. The number of carbonyl (C=O) groups is 1. The van der Waals surface area contributed by atoms with Crippen molar-refractivity contribution in [2.45, 2.75) is 11.8 Å². The van der Waals surface area contributed by atoms with Gasteiger partial charge in [-0.25, -0.2) is 12.7 Å². The molecule has 2 rings (SSSR count). The number of carbonyl (C=O) groups excluding carboxylic acids is 1. The summed E-state index contributed by atoms with van der Waals surface area (Å²) >= 11 is 5.77. The van der Waals surface area contributed by atoms with Gasteiger partial charge in [0.15, 0.2) is 0 Å². The van der Waals surface area contributed by atoms with Crippen LogP contribution < -0.4 is 9.04 Å². The average Bonchev–Trinajstić information content (AvgIpc) is 2.48. The number of hydrogen-bond donors (Lipinski definition) is 0. The smallest absolute Gasteiger partial charge is 0.270 e. The van der Waals surface area contributed by atoms with Gasteiger partial charge in [-0.3, -0.25) is 4.79 Å². The molecule has 0 fully saturated rings. The van der Waals surface area contributed by atoms with Gasteiger partial charge in [0.25, 0.3) is 10.0 Å². The van der Waals surface area contributed by atoms with Crippen molar-refractivity contribution in [3.63, 3.8) is 0 Å². The fourth-order valence-electron chi connectivity index (χ4n) is 1.92. The molecule has 0 aliphatic carbocycles. The van der Waals surface area contributed by atoms with Gasteiger partial charge in [-0.05, 0) is 48.5 Å². The lowest BCUT2D eigenvalue weighted by molar-refractivity contribution is -0.115. The molecule has 0 aliphatic heterocycles. The second-order valence-corrected chi connectivity index (χ2v) is 6.66. The van der Waals surface area contributed by atoms with Crippen molar-refractivity contribution >= 4 is 33.2 Å². The summed E-state index contributed by atoms with van der Waals surface area (Å²) in [4.78, 5) is 11.9. The van der Waals surface area contributed by atoms with Crippen molar-refractivity contribution < 1.29 is 17.9 Å². The van der Waals surface area contributed by atoms with Gasteiger partial charge >= 0.3 is 0 Å². The Balaban J connectivity index is 2.50. The van der Waals surface area contributed by atoms with Crippen LogP contribution in [0.4, 0.5) is 5.69 Å². The van der Waals surface area contributed by atoms with Crippen molar-refractivity contribution in [2.24, 2.45) is 0 Å². The first-order valence-corrected chi connectivity index (χ1v) is 8.13. The van der Waals surface area contributed by atoms with Crippen LogP contribution in [0.15, 0.2) is 53.4 Å². The monoisotopic (exact) mass is 339 g/mol. The molecule has 0 unspecified atom stereocenters. The summed E-state index contributed by atoms with van der Waals surface area (Å²) in [5, 5.41) is 0.415. The van der Waals surface area contributed by atoms with Crippen LogP contribution in [0.5, 0.6) is 5.75 Å². The van der Waals surface area contributed by atoms with E-state index in [2.05, 4.69) is 0 Å². The Morgan fingerprint density at radius 3 is 2.05 bits per heavy atom. The minimum Gasteiger partial charge on any atom is -0.497 e. The van der Waals surface area contributed by atoms with Gasteiger partial charge in [0.1, 0.15) is 5.75 Å². The third-order valence-corrected chi connectivity index (χ3v) is 5.01. The number of rotatable bonds is 4. The molecule has 0 bridgehead atoms. The number of halogens is 1. The van der Waals surface area contributed by atoms with Crippen molar-refractivity contribution in [3.8, 4) is 5.75 Å². The fourth-order valence-corrected chi connectivity index (χ4v) is 3.47. The molecule has 0 atom stereocenters. The van der Waals surface area contributed by atoms with Crippen LogP contribution in [-0.4, -0.2) is 21.4 Å². The highest BCUT2D eigenvalue weighted by Gasteiger charge is 2.28. The highest BCUT2D eigenvalue weighted by atomic mass is 35.5. The Hall–Kier alpha value is -2.05. The Morgan fingerprint density at radius 2 is 1.59 bits per heavy atom. The van der Waals surface area contributed by atoms with Gasteiger partial charge in [0, 0.05) is 11.9 Å². The van der Waals surface area contributed by atoms with Gasteiger partial charge in [0.05, 0.1) is 17.7 Å². The molecule has 116 valence electrons. The fraction of sp³-hybridized carbons (Fsp3) is 0.133. The Kier molecular flexibility index (Phi) is 4.73. The zero-order chi connectivity index (χ0) is 16.3. The van der Waals surface area contributed by atoms with Gasteiger partial charge in [0.2, 0.25) is 5.91 Å². The van der Waals surface area contributed by atoms with E-state index in [0.29, 0.717) is 10.8 Å². The molecule has 0 aliphatic rings. The highest BCUT2D eigenvalue weighted by Crippen LogP contribution is 2.26. The topological polar surface area (TPSA) is 63.7 Å². The zero-order valence-electron chi connectivity index (χ0n) is 12.0. The number of amides is 1. The average molecular weight is 340 g/mol. The molecule has 0 aromatic heterocycles. The van der Waals surface area contributed by atoms with E-state index in [4.69, 9.17) is 16.3 Å². The predicted molar refractivity (Wildman–Crippen MR) is 84.8 cm³/mol. The number of ether oxygens (including phenoxy) is 1. The molecule has 0 spiro atoms. The number of sulfonamides is 1. The number of nitrogens with zero attached hydrogens (tertiary/aromatic N) is 1.